The Labute approximate surface area is 154 Å². The summed E-state index contributed by atoms with van der Waals surface area (Å²) in [5.41, 5.74) is 0.864. The van der Waals surface area contributed by atoms with Gasteiger partial charge in [0.05, 0.1) is 29.8 Å². The van der Waals surface area contributed by atoms with Gasteiger partial charge in [-0.25, -0.2) is 8.42 Å². The largest absolute Gasteiger partial charge is 0.496 e. The van der Waals surface area contributed by atoms with Gasteiger partial charge in [-0.15, -0.1) is 0 Å². The normalized spacial score (nSPS) is 11.4. The monoisotopic (exact) mass is 377 g/mol. The molecule has 0 saturated carbocycles. The average molecular weight is 377 g/mol. The van der Waals surface area contributed by atoms with Crippen LogP contribution >= 0.6 is 0 Å². The zero-order valence-corrected chi connectivity index (χ0v) is 15.9. The van der Waals surface area contributed by atoms with Gasteiger partial charge in [0.15, 0.2) is 0 Å². The van der Waals surface area contributed by atoms with Gasteiger partial charge in [0.25, 0.3) is 5.91 Å². The van der Waals surface area contributed by atoms with E-state index in [9.17, 15) is 13.2 Å². The van der Waals surface area contributed by atoms with Crippen LogP contribution in [-0.4, -0.2) is 43.8 Å². The second-order valence-electron chi connectivity index (χ2n) is 5.46. The molecule has 0 radical (unpaired) electrons. The SMILES string of the molecule is CCN(CC)S(=O)(=O)c1ccc(OC)c(C(=O)NCc2ccccn2)c1. The minimum absolute atomic E-state index is 0.0602. The highest BCUT2D eigenvalue weighted by molar-refractivity contribution is 7.89. The molecule has 8 heteroatoms. The van der Waals surface area contributed by atoms with Crippen molar-refractivity contribution in [3.8, 4) is 5.75 Å². The van der Waals surface area contributed by atoms with E-state index in [1.165, 1.54) is 29.6 Å². The Morgan fingerprint density at radius 3 is 2.50 bits per heavy atom. The fraction of sp³-hybridized carbons (Fsp3) is 0.333. The number of hydrogen-bond donors (Lipinski definition) is 1. The number of methoxy groups -OCH3 is 1. The molecule has 140 valence electrons. The third-order valence-corrected chi connectivity index (χ3v) is 5.96. The summed E-state index contributed by atoms with van der Waals surface area (Å²) in [4.78, 5) is 16.8. The van der Waals surface area contributed by atoms with Crippen LogP contribution in [0.4, 0.5) is 0 Å². The van der Waals surface area contributed by atoms with Gasteiger partial charge in [0.2, 0.25) is 10.0 Å². The average Bonchev–Trinajstić information content (AvgIpc) is 2.67. The topological polar surface area (TPSA) is 88.6 Å². The Morgan fingerprint density at radius 1 is 1.19 bits per heavy atom. The second kappa shape index (κ2) is 8.77. The van der Waals surface area contributed by atoms with E-state index in [4.69, 9.17) is 4.74 Å². The first-order chi connectivity index (χ1) is 12.4. The zero-order chi connectivity index (χ0) is 19.2. The molecule has 0 fully saturated rings. The zero-order valence-electron chi connectivity index (χ0n) is 15.1. The van der Waals surface area contributed by atoms with Crippen LogP contribution in [0, 0.1) is 0 Å². The number of hydrogen-bond acceptors (Lipinski definition) is 5. The summed E-state index contributed by atoms with van der Waals surface area (Å²) < 4.78 is 31.9. The lowest BCUT2D eigenvalue weighted by molar-refractivity contribution is 0.0947. The first kappa shape index (κ1) is 19.9. The van der Waals surface area contributed by atoms with Crippen molar-refractivity contribution in [3.05, 3.63) is 53.9 Å². The number of pyridine rings is 1. The first-order valence-electron chi connectivity index (χ1n) is 8.30. The molecule has 2 aromatic rings. The van der Waals surface area contributed by atoms with E-state index in [-0.39, 0.29) is 17.0 Å². The summed E-state index contributed by atoms with van der Waals surface area (Å²) in [6.07, 6.45) is 1.64. The maximum Gasteiger partial charge on any atom is 0.255 e. The molecule has 2 rings (SSSR count). The number of carbonyl (C=O) groups excluding carboxylic acids is 1. The summed E-state index contributed by atoms with van der Waals surface area (Å²) in [6.45, 7) is 4.48. The van der Waals surface area contributed by atoms with Crippen molar-refractivity contribution in [2.75, 3.05) is 20.2 Å². The predicted octanol–water partition coefficient (Wildman–Crippen LogP) is 2.05. The molecule has 0 aliphatic carbocycles. The van der Waals surface area contributed by atoms with E-state index >= 15 is 0 Å². The van der Waals surface area contributed by atoms with Gasteiger partial charge in [-0.1, -0.05) is 19.9 Å². The first-order valence-corrected chi connectivity index (χ1v) is 9.74. The van der Waals surface area contributed by atoms with E-state index in [1.54, 1.807) is 32.2 Å². The van der Waals surface area contributed by atoms with Crippen LogP contribution in [0.15, 0.2) is 47.5 Å². The number of sulfonamides is 1. The van der Waals surface area contributed by atoms with E-state index in [0.717, 1.165) is 0 Å². The van der Waals surface area contributed by atoms with Crippen molar-refractivity contribution in [1.82, 2.24) is 14.6 Å². The molecule has 0 spiro atoms. The molecule has 1 aromatic carbocycles. The number of nitrogens with one attached hydrogen (secondary N) is 1. The number of carbonyl (C=O) groups is 1. The van der Waals surface area contributed by atoms with Gasteiger partial charge in [-0.05, 0) is 30.3 Å². The fourth-order valence-corrected chi connectivity index (χ4v) is 3.99. The quantitative estimate of drug-likeness (QED) is 0.761. The van der Waals surface area contributed by atoms with Crippen LogP contribution in [0.2, 0.25) is 0 Å². The second-order valence-corrected chi connectivity index (χ2v) is 7.39. The van der Waals surface area contributed by atoms with Crippen LogP contribution in [-0.2, 0) is 16.6 Å². The highest BCUT2D eigenvalue weighted by Crippen LogP contribution is 2.24. The lowest BCUT2D eigenvalue weighted by Gasteiger charge is -2.19. The number of amides is 1. The van der Waals surface area contributed by atoms with Gasteiger partial charge < -0.3 is 10.1 Å². The van der Waals surface area contributed by atoms with E-state index in [0.29, 0.717) is 24.5 Å². The molecule has 7 nitrogen and oxygen atoms in total. The Kier molecular flexibility index (Phi) is 6.70. The molecule has 0 atom stereocenters. The Morgan fingerprint density at radius 2 is 1.92 bits per heavy atom. The molecular formula is C18H23N3O4S. The standard InChI is InChI=1S/C18H23N3O4S/c1-4-21(5-2)26(23,24)15-9-10-17(25-3)16(12-15)18(22)20-13-14-8-6-7-11-19-14/h6-12H,4-5,13H2,1-3H3,(H,20,22). The van der Waals surface area contributed by atoms with Crippen molar-refractivity contribution in [1.29, 1.82) is 0 Å². The summed E-state index contributed by atoms with van der Waals surface area (Å²) in [5, 5.41) is 2.74. The number of benzene rings is 1. The van der Waals surface area contributed by atoms with Crippen LogP contribution in [0.25, 0.3) is 0 Å². The molecule has 0 unspecified atom stereocenters. The molecule has 1 amide bonds. The minimum Gasteiger partial charge on any atom is -0.496 e. The van der Waals surface area contributed by atoms with Crippen LogP contribution in [0.5, 0.6) is 5.75 Å². The number of aromatic nitrogens is 1. The maximum atomic E-state index is 12.7. The van der Waals surface area contributed by atoms with Crippen molar-refractivity contribution in [3.63, 3.8) is 0 Å². The third-order valence-electron chi connectivity index (χ3n) is 3.91. The maximum absolute atomic E-state index is 12.7. The predicted molar refractivity (Wildman–Crippen MR) is 98.5 cm³/mol. The van der Waals surface area contributed by atoms with Crippen molar-refractivity contribution in [2.24, 2.45) is 0 Å². The molecular weight excluding hydrogens is 354 g/mol. The van der Waals surface area contributed by atoms with Crippen LogP contribution in [0.1, 0.15) is 29.9 Å². The number of ether oxygens (including phenoxy) is 1. The van der Waals surface area contributed by atoms with E-state index in [2.05, 4.69) is 10.3 Å². The minimum atomic E-state index is -3.66. The summed E-state index contributed by atoms with van der Waals surface area (Å²) >= 11 is 0. The highest BCUT2D eigenvalue weighted by Gasteiger charge is 2.24. The lowest BCUT2D eigenvalue weighted by Crippen LogP contribution is -2.31. The van der Waals surface area contributed by atoms with Crippen LogP contribution in [0.3, 0.4) is 0 Å². The molecule has 0 saturated heterocycles. The number of rotatable bonds is 8. The van der Waals surface area contributed by atoms with Gasteiger partial charge in [0, 0.05) is 19.3 Å². The molecule has 1 aromatic heterocycles. The Bertz CT molecular complexity index is 850. The van der Waals surface area contributed by atoms with Gasteiger partial charge in [-0.2, -0.15) is 4.31 Å². The molecule has 0 aliphatic rings. The van der Waals surface area contributed by atoms with Gasteiger partial charge in [-0.3, -0.25) is 9.78 Å². The van der Waals surface area contributed by atoms with E-state index < -0.39 is 15.9 Å². The summed E-state index contributed by atoms with van der Waals surface area (Å²) in [6, 6.07) is 9.69. The molecule has 1 heterocycles. The van der Waals surface area contributed by atoms with Crippen molar-refractivity contribution >= 4 is 15.9 Å². The van der Waals surface area contributed by atoms with Crippen molar-refractivity contribution in [2.45, 2.75) is 25.3 Å². The van der Waals surface area contributed by atoms with Crippen LogP contribution < -0.4 is 10.1 Å². The Balaban J connectivity index is 2.30. The number of nitrogens with zero attached hydrogens (tertiary/aromatic N) is 2. The molecule has 0 aliphatic heterocycles. The smallest absolute Gasteiger partial charge is 0.255 e. The van der Waals surface area contributed by atoms with Gasteiger partial charge >= 0.3 is 0 Å². The fourth-order valence-electron chi connectivity index (χ4n) is 2.51. The van der Waals surface area contributed by atoms with E-state index in [1.807, 2.05) is 6.07 Å². The molecule has 26 heavy (non-hydrogen) atoms. The lowest BCUT2D eigenvalue weighted by atomic mass is 10.2. The Hall–Kier alpha value is -2.45. The third kappa shape index (κ3) is 4.39. The van der Waals surface area contributed by atoms with Gasteiger partial charge in [0.1, 0.15) is 5.75 Å². The van der Waals surface area contributed by atoms with Crippen molar-refractivity contribution < 1.29 is 17.9 Å². The summed E-state index contributed by atoms with van der Waals surface area (Å²) in [5.74, 6) is -0.119. The highest BCUT2D eigenvalue weighted by atomic mass is 32.2. The molecule has 1 N–H and O–H groups in total. The molecule has 0 bridgehead atoms. The summed E-state index contributed by atoms with van der Waals surface area (Å²) in [7, 11) is -2.23.